The van der Waals surface area contributed by atoms with Gasteiger partial charge in [0.05, 0.1) is 12.1 Å². The van der Waals surface area contributed by atoms with Crippen molar-refractivity contribution in [2.75, 3.05) is 7.11 Å². The van der Waals surface area contributed by atoms with Crippen LogP contribution in [0.3, 0.4) is 0 Å². The standard InChI is InChI=1S/C17H29NO3/c1-13-10-11-15(18-20)8-6-4-5-7-9-16(21-3)17(19)14(2)12-13/h7,9,12,14-17,19H,4-6,8,10-11H2,1-3H3/t14-,15?,16+,17+/m1/s1. The molecular formula is C17H29NO3. The number of nitrogens with zero attached hydrogens (tertiary/aromatic N) is 1. The average molecular weight is 295 g/mol. The summed E-state index contributed by atoms with van der Waals surface area (Å²) in [6.07, 6.45) is 10.8. The van der Waals surface area contributed by atoms with Crippen LogP contribution in [0.1, 0.15) is 52.4 Å². The molecule has 4 nitrogen and oxygen atoms in total. The van der Waals surface area contributed by atoms with Crippen LogP contribution in [0.2, 0.25) is 0 Å². The molecule has 0 heterocycles. The lowest BCUT2D eigenvalue weighted by molar-refractivity contribution is -0.00188. The Kier molecular flexibility index (Phi) is 8.47. The number of rotatable bonds is 2. The molecular weight excluding hydrogens is 266 g/mol. The maximum absolute atomic E-state index is 10.9. The Morgan fingerprint density at radius 2 is 2.10 bits per heavy atom. The van der Waals surface area contributed by atoms with Crippen molar-refractivity contribution in [1.82, 2.24) is 0 Å². The second kappa shape index (κ2) is 9.85. The molecule has 0 aromatic heterocycles. The third-order valence-corrected chi connectivity index (χ3v) is 4.20. The monoisotopic (exact) mass is 295 g/mol. The lowest BCUT2D eigenvalue weighted by Gasteiger charge is -2.23. The first-order valence-corrected chi connectivity index (χ1v) is 7.95. The van der Waals surface area contributed by atoms with Gasteiger partial charge in [-0.05, 0) is 39.0 Å². The van der Waals surface area contributed by atoms with Crippen molar-refractivity contribution in [2.24, 2.45) is 11.1 Å². The third-order valence-electron chi connectivity index (χ3n) is 4.20. The van der Waals surface area contributed by atoms with Gasteiger partial charge in [-0.3, -0.25) is 0 Å². The Morgan fingerprint density at radius 1 is 1.33 bits per heavy atom. The summed E-state index contributed by atoms with van der Waals surface area (Å²) in [5.74, 6) is 0.0187. The molecule has 0 aliphatic heterocycles. The molecule has 21 heavy (non-hydrogen) atoms. The quantitative estimate of drug-likeness (QED) is 0.619. The molecule has 0 spiro atoms. The number of aliphatic hydroxyl groups is 1. The highest BCUT2D eigenvalue weighted by Crippen LogP contribution is 2.20. The second-order valence-electron chi connectivity index (χ2n) is 6.07. The molecule has 0 radical (unpaired) electrons. The number of methoxy groups -OCH3 is 1. The van der Waals surface area contributed by atoms with E-state index in [1.807, 2.05) is 13.0 Å². The molecule has 0 aromatic rings. The lowest BCUT2D eigenvalue weighted by atomic mass is 9.93. The first kappa shape index (κ1) is 18.1. The van der Waals surface area contributed by atoms with E-state index in [2.05, 4.69) is 24.3 Å². The zero-order chi connectivity index (χ0) is 15.7. The van der Waals surface area contributed by atoms with Crippen molar-refractivity contribution in [2.45, 2.75) is 70.6 Å². The Balaban J connectivity index is 2.79. The largest absolute Gasteiger partial charge is 0.389 e. The summed E-state index contributed by atoms with van der Waals surface area (Å²) in [4.78, 5) is 10.9. The number of hydrogen-bond donors (Lipinski definition) is 1. The molecule has 0 amide bonds. The zero-order valence-corrected chi connectivity index (χ0v) is 13.5. The molecule has 0 saturated carbocycles. The summed E-state index contributed by atoms with van der Waals surface area (Å²) < 4.78 is 5.38. The smallest absolute Gasteiger partial charge is 0.102 e. The Morgan fingerprint density at radius 3 is 2.76 bits per heavy atom. The van der Waals surface area contributed by atoms with Gasteiger partial charge in [0, 0.05) is 13.0 Å². The van der Waals surface area contributed by atoms with E-state index in [-0.39, 0.29) is 18.1 Å². The van der Waals surface area contributed by atoms with Gasteiger partial charge in [-0.25, -0.2) is 0 Å². The van der Waals surface area contributed by atoms with Crippen LogP contribution in [0, 0.1) is 10.8 Å². The zero-order valence-electron chi connectivity index (χ0n) is 13.5. The van der Waals surface area contributed by atoms with Gasteiger partial charge in [0.15, 0.2) is 0 Å². The van der Waals surface area contributed by atoms with Crippen LogP contribution in [-0.2, 0) is 4.74 Å². The minimum Gasteiger partial charge on any atom is -0.389 e. The highest BCUT2D eigenvalue weighted by Gasteiger charge is 2.21. The number of allylic oxidation sites excluding steroid dienone is 2. The molecule has 0 bridgehead atoms. The van der Waals surface area contributed by atoms with Crippen molar-refractivity contribution in [3.05, 3.63) is 28.7 Å². The fourth-order valence-corrected chi connectivity index (χ4v) is 2.78. The first-order chi connectivity index (χ1) is 10.1. The molecule has 0 saturated heterocycles. The van der Waals surface area contributed by atoms with Crippen LogP contribution in [0.25, 0.3) is 0 Å². The molecule has 1 unspecified atom stereocenters. The SMILES string of the molecule is CO[C@H]1C=CCCCCC(N=O)CCC(C)=C[C@@H](C)[C@@H]1O. The first-order valence-electron chi connectivity index (χ1n) is 7.95. The third kappa shape index (κ3) is 6.53. The number of hydrogen-bond acceptors (Lipinski definition) is 4. The van der Waals surface area contributed by atoms with Crippen LogP contribution < -0.4 is 0 Å². The van der Waals surface area contributed by atoms with Crippen molar-refractivity contribution in [3.8, 4) is 0 Å². The van der Waals surface area contributed by atoms with Gasteiger partial charge in [0.1, 0.15) is 6.10 Å². The Hall–Kier alpha value is -1.00. The van der Waals surface area contributed by atoms with Crippen LogP contribution in [0.4, 0.5) is 0 Å². The molecule has 4 heteroatoms. The maximum Gasteiger partial charge on any atom is 0.102 e. The van der Waals surface area contributed by atoms with Crippen LogP contribution in [0.5, 0.6) is 0 Å². The summed E-state index contributed by atoms with van der Waals surface area (Å²) in [5.41, 5.74) is 1.20. The van der Waals surface area contributed by atoms with Gasteiger partial charge in [0.25, 0.3) is 0 Å². The molecule has 1 rings (SSSR count). The molecule has 1 aliphatic rings. The van der Waals surface area contributed by atoms with Crippen LogP contribution >= 0.6 is 0 Å². The summed E-state index contributed by atoms with van der Waals surface area (Å²) in [5, 5.41) is 13.6. The second-order valence-corrected chi connectivity index (χ2v) is 6.07. The number of aliphatic hydroxyl groups excluding tert-OH is 1. The molecule has 0 fully saturated rings. The summed E-state index contributed by atoms with van der Waals surface area (Å²) in [6.45, 7) is 4.05. The fourth-order valence-electron chi connectivity index (χ4n) is 2.78. The molecule has 120 valence electrons. The lowest BCUT2D eigenvalue weighted by Crippen LogP contribution is -2.31. The Bertz CT molecular complexity index is 365. The summed E-state index contributed by atoms with van der Waals surface area (Å²) in [6, 6.07) is -0.0766. The van der Waals surface area contributed by atoms with Crippen LogP contribution in [0.15, 0.2) is 29.0 Å². The van der Waals surface area contributed by atoms with Gasteiger partial charge < -0.3 is 9.84 Å². The predicted octanol–water partition coefficient (Wildman–Crippen LogP) is 3.99. The van der Waals surface area contributed by atoms with Crippen molar-refractivity contribution < 1.29 is 9.84 Å². The number of ether oxygens (including phenoxy) is 1. The van der Waals surface area contributed by atoms with Crippen molar-refractivity contribution in [1.29, 1.82) is 0 Å². The van der Waals surface area contributed by atoms with E-state index in [4.69, 9.17) is 4.74 Å². The fraction of sp³-hybridized carbons (Fsp3) is 0.765. The van der Waals surface area contributed by atoms with Crippen molar-refractivity contribution >= 4 is 0 Å². The van der Waals surface area contributed by atoms with Gasteiger partial charge in [-0.15, -0.1) is 0 Å². The maximum atomic E-state index is 10.9. The predicted molar refractivity (Wildman–Crippen MR) is 86.1 cm³/mol. The van der Waals surface area contributed by atoms with E-state index in [1.165, 1.54) is 5.57 Å². The van der Waals surface area contributed by atoms with Gasteiger partial charge in [0.2, 0.25) is 0 Å². The van der Waals surface area contributed by atoms with E-state index in [9.17, 15) is 10.0 Å². The van der Waals surface area contributed by atoms with Crippen molar-refractivity contribution in [3.63, 3.8) is 0 Å². The number of nitroso groups, excluding NO2 is 1. The molecule has 1 aliphatic carbocycles. The highest BCUT2D eigenvalue weighted by molar-refractivity contribution is 5.06. The van der Waals surface area contributed by atoms with E-state index >= 15 is 0 Å². The van der Waals surface area contributed by atoms with Gasteiger partial charge >= 0.3 is 0 Å². The molecule has 0 aromatic carbocycles. The molecule has 1 N–H and O–H groups in total. The minimum atomic E-state index is -0.552. The topological polar surface area (TPSA) is 58.9 Å². The average Bonchev–Trinajstić information content (AvgIpc) is 2.48. The van der Waals surface area contributed by atoms with Gasteiger partial charge in [-0.1, -0.05) is 42.3 Å². The van der Waals surface area contributed by atoms with Crippen LogP contribution in [-0.4, -0.2) is 30.5 Å². The Labute approximate surface area is 128 Å². The van der Waals surface area contributed by atoms with Gasteiger partial charge in [-0.2, -0.15) is 4.91 Å². The van der Waals surface area contributed by atoms with E-state index < -0.39 is 6.10 Å². The van der Waals surface area contributed by atoms with E-state index in [1.54, 1.807) is 7.11 Å². The molecule has 4 atom stereocenters. The normalized spacial score (nSPS) is 33.0. The summed E-state index contributed by atoms with van der Waals surface area (Å²) >= 11 is 0. The minimum absolute atomic E-state index is 0.0187. The summed E-state index contributed by atoms with van der Waals surface area (Å²) in [7, 11) is 1.63. The highest BCUT2D eigenvalue weighted by atomic mass is 16.5. The van der Waals surface area contributed by atoms with E-state index in [0.29, 0.717) is 0 Å². The van der Waals surface area contributed by atoms with E-state index in [0.717, 1.165) is 38.5 Å².